The first-order chi connectivity index (χ1) is 9.12. The summed E-state index contributed by atoms with van der Waals surface area (Å²) in [4.78, 5) is 14.6. The highest BCUT2D eigenvalue weighted by molar-refractivity contribution is 5.87. The Labute approximate surface area is 123 Å². The molecule has 0 unspecified atom stereocenters. The summed E-state index contributed by atoms with van der Waals surface area (Å²) in [5.41, 5.74) is 7.41. The summed E-state index contributed by atoms with van der Waals surface area (Å²) in [5.74, 6) is 0.133. The molecule has 0 radical (unpaired) electrons. The fourth-order valence-electron chi connectivity index (χ4n) is 2.64. The van der Waals surface area contributed by atoms with E-state index in [1.54, 1.807) is 4.90 Å². The van der Waals surface area contributed by atoms with E-state index in [9.17, 15) is 4.79 Å². The van der Waals surface area contributed by atoms with Crippen molar-refractivity contribution in [3.05, 3.63) is 35.4 Å². The van der Waals surface area contributed by atoms with Gasteiger partial charge in [-0.05, 0) is 43.9 Å². The first kappa shape index (κ1) is 16.7. The first-order valence-electron chi connectivity index (χ1n) is 7.13. The van der Waals surface area contributed by atoms with Gasteiger partial charge in [0.15, 0.2) is 0 Å². The van der Waals surface area contributed by atoms with E-state index < -0.39 is 5.41 Å². The van der Waals surface area contributed by atoms with Crippen molar-refractivity contribution >= 4 is 5.91 Å². The van der Waals surface area contributed by atoms with Crippen molar-refractivity contribution in [2.45, 2.75) is 40.0 Å². The third kappa shape index (κ3) is 3.60. The summed E-state index contributed by atoms with van der Waals surface area (Å²) < 4.78 is 0. The molecule has 2 N–H and O–H groups in total. The zero-order valence-electron chi connectivity index (χ0n) is 13.7. The number of rotatable bonds is 5. The average molecular weight is 276 g/mol. The van der Waals surface area contributed by atoms with E-state index in [0.717, 1.165) is 11.1 Å². The molecule has 112 valence electrons. The van der Waals surface area contributed by atoms with Crippen LogP contribution in [0.3, 0.4) is 0 Å². The van der Waals surface area contributed by atoms with Gasteiger partial charge in [0.1, 0.15) is 0 Å². The fraction of sp³-hybridized carbons (Fsp3) is 0.588. The summed E-state index contributed by atoms with van der Waals surface area (Å²) in [7, 11) is 1.86. The molecule has 3 nitrogen and oxygen atoms in total. The predicted octanol–water partition coefficient (Wildman–Crippen LogP) is 2.72. The van der Waals surface area contributed by atoms with Gasteiger partial charge in [0.2, 0.25) is 5.91 Å². The minimum absolute atomic E-state index is 0.0633. The minimum Gasteiger partial charge on any atom is -0.344 e. The lowest BCUT2D eigenvalue weighted by molar-refractivity contribution is -0.136. The number of hydrogen-bond acceptors (Lipinski definition) is 2. The fourth-order valence-corrected chi connectivity index (χ4v) is 2.64. The average Bonchev–Trinajstić information content (AvgIpc) is 2.37. The van der Waals surface area contributed by atoms with Crippen molar-refractivity contribution < 1.29 is 4.79 Å². The van der Waals surface area contributed by atoms with Crippen molar-refractivity contribution in [2.75, 3.05) is 20.1 Å². The maximum Gasteiger partial charge on any atom is 0.232 e. The molecule has 0 saturated carbocycles. The van der Waals surface area contributed by atoms with E-state index in [-0.39, 0.29) is 11.3 Å². The molecule has 20 heavy (non-hydrogen) atoms. The smallest absolute Gasteiger partial charge is 0.232 e. The molecule has 0 fully saturated rings. The van der Waals surface area contributed by atoms with Crippen LogP contribution in [0.15, 0.2) is 24.3 Å². The molecular weight excluding hydrogens is 248 g/mol. The van der Waals surface area contributed by atoms with Crippen molar-refractivity contribution in [3.63, 3.8) is 0 Å². The van der Waals surface area contributed by atoms with E-state index >= 15 is 0 Å². The van der Waals surface area contributed by atoms with Gasteiger partial charge in [-0.3, -0.25) is 4.79 Å². The largest absolute Gasteiger partial charge is 0.344 e. The Hall–Kier alpha value is -1.35. The summed E-state index contributed by atoms with van der Waals surface area (Å²) in [5, 5.41) is 0. The summed E-state index contributed by atoms with van der Waals surface area (Å²) in [6.07, 6.45) is 0. The molecule has 0 atom stereocenters. The van der Waals surface area contributed by atoms with Crippen molar-refractivity contribution in [1.82, 2.24) is 4.90 Å². The van der Waals surface area contributed by atoms with Crippen molar-refractivity contribution in [2.24, 2.45) is 11.1 Å². The van der Waals surface area contributed by atoms with Crippen LogP contribution in [0.25, 0.3) is 0 Å². The van der Waals surface area contributed by atoms with Gasteiger partial charge in [0.05, 0.1) is 5.41 Å². The van der Waals surface area contributed by atoms with E-state index in [1.165, 1.54) is 0 Å². The number of nitrogens with two attached hydrogens (primary N) is 1. The van der Waals surface area contributed by atoms with Crippen LogP contribution in [0.5, 0.6) is 0 Å². The molecule has 1 amide bonds. The molecule has 0 spiro atoms. The maximum atomic E-state index is 12.8. The molecule has 0 aliphatic rings. The lowest BCUT2D eigenvalue weighted by atomic mass is 9.80. The number of aryl methyl sites for hydroxylation is 1. The normalized spacial score (nSPS) is 12.3. The van der Waals surface area contributed by atoms with Crippen LogP contribution in [0.1, 0.15) is 38.8 Å². The van der Waals surface area contributed by atoms with Crippen molar-refractivity contribution in [1.29, 1.82) is 0 Å². The second-order valence-electron chi connectivity index (χ2n) is 6.97. The highest BCUT2D eigenvalue weighted by Gasteiger charge is 2.34. The number of carbonyl (C=O) groups is 1. The maximum absolute atomic E-state index is 12.8. The van der Waals surface area contributed by atoms with Crippen LogP contribution in [-0.2, 0) is 10.2 Å². The highest BCUT2D eigenvalue weighted by atomic mass is 16.2. The molecule has 1 rings (SSSR count). The number of nitrogens with zero attached hydrogens (tertiary/aromatic N) is 1. The Bertz CT molecular complexity index is 478. The summed E-state index contributed by atoms with van der Waals surface area (Å²) >= 11 is 0. The Morgan fingerprint density at radius 2 is 1.75 bits per heavy atom. The topological polar surface area (TPSA) is 46.3 Å². The summed E-state index contributed by atoms with van der Waals surface area (Å²) in [6, 6.07) is 8.07. The van der Waals surface area contributed by atoms with Gasteiger partial charge in [-0.15, -0.1) is 0 Å². The molecule has 1 aromatic rings. The minimum atomic E-state index is -0.523. The molecule has 3 heteroatoms. The number of hydrogen-bond donors (Lipinski definition) is 1. The van der Waals surface area contributed by atoms with Gasteiger partial charge >= 0.3 is 0 Å². The standard InChI is InChI=1S/C17H28N2O/c1-13-9-7-8-10-14(13)17(4,5)15(20)19(6)12-16(2,3)11-18/h7-10H,11-12,18H2,1-6H3. The van der Waals surface area contributed by atoms with Crippen LogP contribution in [0.4, 0.5) is 0 Å². The van der Waals surface area contributed by atoms with Gasteiger partial charge in [0, 0.05) is 13.6 Å². The third-order valence-corrected chi connectivity index (χ3v) is 3.92. The number of carbonyl (C=O) groups excluding carboxylic acids is 1. The molecule has 0 aliphatic heterocycles. The molecule has 0 saturated heterocycles. The second kappa shape index (κ2) is 5.96. The van der Waals surface area contributed by atoms with Gasteiger partial charge in [-0.25, -0.2) is 0 Å². The molecule has 0 aliphatic carbocycles. The molecule has 1 aromatic carbocycles. The van der Waals surface area contributed by atoms with Crippen LogP contribution in [0.2, 0.25) is 0 Å². The molecular formula is C17H28N2O. The number of likely N-dealkylation sites (N-methyl/N-ethyl adjacent to an activating group) is 1. The molecule has 0 aromatic heterocycles. The van der Waals surface area contributed by atoms with Gasteiger partial charge < -0.3 is 10.6 Å². The Kier molecular flexibility index (Phi) is 4.98. The van der Waals surface area contributed by atoms with Gasteiger partial charge in [-0.2, -0.15) is 0 Å². The van der Waals surface area contributed by atoms with Crippen LogP contribution in [0, 0.1) is 12.3 Å². The highest BCUT2D eigenvalue weighted by Crippen LogP contribution is 2.29. The van der Waals surface area contributed by atoms with Gasteiger partial charge in [0.25, 0.3) is 0 Å². The number of benzene rings is 1. The molecule has 0 bridgehead atoms. The van der Waals surface area contributed by atoms with Crippen LogP contribution in [-0.4, -0.2) is 30.9 Å². The van der Waals surface area contributed by atoms with E-state index in [0.29, 0.717) is 13.1 Å². The zero-order valence-corrected chi connectivity index (χ0v) is 13.7. The quantitative estimate of drug-likeness (QED) is 0.899. The van der Waals surface area contributed by atoms with E-state index in [1.807, 2.05) is 52.1 Å². The van der Waals surface area contributed by atoms with Crippen molar-refractivity contribution in [3.8, 4) is 0 Å². The summed E-state index contributed by atoms with van der Waals surface area (Å²) in [6.45, 7) is 11.4. The second-order valence-corrected chi connectivity index (χ2v) is 6.97. The zero-order chi connectivity index (χ0) is 15.6. The SMILES string of the molecule is Cc1ccccc1C(C)(C)C(=O)N(C)CC(C)(C)CN. The van der Waals surface area contributed by atoms with Crippen LogP contribution >= 0.6 is 0 Å². The lowest BCUT2D eigenvalue weighted by Crippen LogP contribution is -2.46. The van der Waals surface area contributed by atoms with Gasteiger partial charge in [-0.1, -0.05) is 38.1 Å². The number of amides is 1. The van der Waals surface area contributed by atoms with E-state index in [4.69, 9.17) is 5.73 Å². The Balaban J connectivity index is 2.98. The first-order valence-corrected chi connectivity index (χ1v) is 7.13. The predicted molar refractivity (Wildman–Crippen MR) is 84.7 cm³/mol. The Morgan fingerprint density at radius 3 is 2.25 bits per heavy atom. The van der Waals surface area contributed by atoms with E-state index in [2.05, 4.69) is 13.8 Å². The monoisotopic (exact) mass is 276 g/mol. The molecule has 0 heterocycles. The van der Waals surface area contributed by atoms with Crippen LogP contribution < -0.4 is 5.73 Å². The third-order valence-electron chi connectivity index (χ3n) is 3.92. The lowest BCUT2D eigenvalue weighted by Gasteiger charge is -2.35. The Morgan fingerprint density at radius 1 is 1.20 bits per heavy atom.